The first-order chi connectivity index (χ1) is 16.2. The summed E-state index contributed by atoms with van der Waals surface area (Å²) in [6.07, 6.45) is 0. The summed E-state index contributed by atoms with van der Waals surface area (Å²) in [5.74, 6) is -1.24. The lowest BCUT2D eigenvalue weighted by atomic mass is 9.71. The summed E-state index contributed by atoms with van der Waals surface area (Å²) in [5.41, 5.74) is 2.66. The molecule has 0 aromatic heterocycles. The van der Waals surface area contributed by atoms with Crippen molar-refractivity contribution in [2.75, 3.05) is 20.2 Å². The van der Waals surface area contributed by atoms with Crippen LogP contribution < -0.4 is 0 Å². The van der Waals surface area contributed by atoms with Gasteiger partial charge >= 0.3 is 0 Å². The van der Waals surface area contributed by atoms with E-state index in [1.54, 1.807) is 13.2 Å². The van der Waals surface area contributed by atoms with Crippen LogP contribution in [0.1, 0.15) is 48.1 Å². The molecule has 0 aliphatic carbocycles. The van der Waals surface area contributed by atoms with Crippen LogP contribution in [-0.2, 0) is 4.74 Å². The lowest BCUT2D eigenvalue weighted by molar-refractivity contribution is -0.0560. The third-order valence-electron chi connectivity index (χ3n) is 6.81. The smallest absolute Gasteiger partial charge is 0.126 e. The summed E-state index contributed by atoms with van der Waals surface area (Å²) in [7, 11) is 1.63. The minimum Gasteiger partial charge on any atom is -0.378 e. The van der Waals surface area contributed by atoms with E-state index in [2.05, 4.69) is 11.0 Å². The topological polar surface area (TPSA) is 36.3 Å². The molecule has 0 N–H and O–H groups in total. The van der Waals surface area contributed by atoms with Crippen molar-refractivity contribution >= 4 is 11.6 Å². The third-order valence-corrected chi connectivity index (χ3v) is 7.06. The molecule has 1 fully saturated rings. The van der Waals surface area contributed by atoms with Crippen molar-refractivity contribution in [3.05, 3.63) is 106 Å². The number of benzene rings is 3. The van der Waals surface area contributed by atoms with Crippen molar-refractivity contribution in [2.45, 2.75) is 31.4 Å². The third kappa shape index (κ3) is 5.00. The summed E-state index contributed by atoms with van der Waals surface area (Å²) in [6.45, 7) is 5.33. The number of hydrogen-bond acceptors (Lipinski definition) is 3. The van der Waals surface area contributed by atoms with Crippen molar-refractivity contribution in [3.8, 4) is 6.07 Å². The largest absolute Gasteiger partial charge is 0.378 e. The van der Waals surface area contributed by atoms with Gasteiger partial charge < -0.3 is 4.74 Å². The van der Waals surface area contributed by atoms with Crippen molar-refractivity contribution in [1.29, 1.82) is 5.26 Å². The number of methoxy groups -OCH3 is 1. The molecule has 1 unspecified atom stereocenters. The first kappa shape index (κ1) is 24.3. The normalized spacial score (nSPS) is 16.5. The minimum absolute atomic E-state index is 0.0719. The molecule has 6 heteroatoms. The van der Waals surface area contributed by atoms with Crippen molar-refractivity contribution in [1.82, 2.24) is 4.90 Å². The zero-order chi connectivity index (χ0) is 24.5. The maximum Gasteiger partial charge on any atom is 0.126 e. The Morgan fingerprint density at radius 2 is 1.62 bits per heavy atom. The van der Waals surface area contributed by atoms with E-state index in [0.29, 0.717) is 29.2 Å². The monoisotopic (exact) mass is 480 g/mol. The molecule has 3 nitrogen and oxygen atoms in total. The Hall–Kier alpha value is -2.78. The second-order valence-electron chi connectivity index (χ2n) is 9.39. The zero-order valence-corrected chi connectivity index (χ0v) is 20.2. The SMILES string of the molecule is COC(C)(C)[C@H](c1cc(F)cc(F)c1)C1CN(C(c2ccc(Cl)cc2)c2cccc(C#N)c2)C1. The van der Waals surface area contributed by atoms with Crippen LogP contribution in [0.25, 0.3) is 0 Å². The number of halogens is 3. The highest BCUT2D eigenvalue weighted by Crippen LogP contribution is 2.45. The Morgan fingerprint density at radius 1 is 0.971 bits per heavy atom. The molecule has 3 aromatic carbocycles. The quantitative estimate of drug-likeness (QED) is 0.376. The number of nitriles is 1. The second-order valence-corrected chi connectivity index (χ2v) is 9.83. The lowest BCUT2D eigenvalue weighted by Gasteiger charge is -2.51. The van der Waals surface area contributed by atoms with E-state index in [1.807, 2.05) is 56.3 Å². The van der Waals surface area contributed by atoms with Gasteiger partial charge in [-0.3, -0.25) is 4.90 Å². The number of nitrogens with zero attached hydrogens (tertiary/aromatic N) is 2. The molecule has 1 heterocycles. The van der Waals surface area contributed by atoms with E-state index in [4.69, 9.17) is 16.3 Å². The fraction of sp³-hybridized carbons (Fsp3) is 0.321. The molecular formula is C28H27ClF2N2O. The van der Waals surface area contributed by atoms with Crippen LogP contribution in [0.3, 0.4) is 0 Å². The lowest BCUT2D eigenvalue weighted by Crippen LogP contribution is -2.54. The summed E-state index contributed by atoms with van der Waals surface area (Å²) in [5, 5.41) is 10.1. The number of rotatable bonds is 7. The van der Waals surface area contributed by atoms with Gasteiger partial charge in [0, 0.05) is 37.2 Å². The van der Waals surface area contributed by atoms with Crippen LogP contribution in [-0.4, -0.2) is 30.7 Å². The Morgan fingerprint density at radius 3 is 2.21 bits per heavy atom. The van der Waals surface area contributed by atoms with Gasteiger partial charge in [0.1, 0.15) is 11.6 Å². The average Bonchev–Trinajstić information content (AvgIpc) is 2.78. The summed E-state index contributed by atoms with van der Waals surface area (Å²) < 4.78 is 34.0. The maximum atomic E-state index is 14.1. The molecule has 1 saturated heterocycles. The van der Waals surface area contributed by atoms with Crippen LogP contribution in [0.4, 0.5) is 8.78 Å². The van der Waals surface area contributed by atoms with Crippen LogP contribution in [0, 0.1) is 28.9 Å². The van der Waals surface area contributed by atoms with Gasteiger partial charge in [0.2, 0.25) is 0 Å². The highest BCUT2D eigenvalue weighted by Gasteiger charge is 2.45. The average molecular weight is 481 g/mol. The Balaban J connectivity index is 1.67. The molecule has 2 atom stereocenters. The van der Waals surface area contributed by atoms with E-state index in [0.717, 1.165) is 17.2 Å². The fourth-order valence-corrected chi connectivity index (χ4v) is 5.26. The predicted octanol–water partition coefficient (Wildman–Crippen LogP) is 6.72. The molecule has 0 saturated carbocycles. The van der Waals surface area contributed by atoms with Gasteiger partial charge in [-0.05, 0) is 72.9 Å². The van der Waals surface area contributed by atoms with E-state index in [9.17, 15) is 14.0 Å². The number of ether oxygens (including phenoxy) is 1. The summed E-state index contributed by atoms with van der Waals surface area (Å²) in [4.78, 5) is 2.32. The van der Waals surface area contributed by atoms with Gasteiger partial charge in [-0.25, -0.2) is 8.78 Å². The van der Waals surface area contributed by atoms with E-state index >= 15 is 0 Å². The van der Waals surface area contributed by atoms with Crippen LogP contribution in [0.5, 0.6) is 0 Å². The Labute approximate surface area is 204 Å². The summed E-state index contributed by atoms with van der Waals surface area (Å²) >= 11 is 6.13. The number of likely N-dealkylation sites (tertiary alicyclic amines) is 1. The van der Waals surface area contributed by atoms with Gasteiger partial charge in [-0.2, -0.15) is 5.26 Å². The van der Waals surface area contributed by atoms with E-state index in [1.165, 1.54) is 12.1 Å². The molecule has 1 aliphatic heterocycles. The molecule has 176 valence electrons. The zero-order valence-electron chi connectivity index (χ0n) is 19.4. The van der Waals surface area contributed by atoms with Gasteiger partial charge in [0.05, 0.1) is 23.3 Å². The molecule has 3 aromatic rings. The highest BCUT2D eigenvalue weighted by atomic mass is 35.5. The molecule has 0 radical (unpaired) electrons. The van der Waals surface area contributed by atoms with Crippen molar-refractivity contribution < 1.29 is 13.5 Å². The highest BCUT2D eigenvalue weighted by molar-refractivity contribution is 6.30. The molecule has 4 rings (SSSR count). The first-order valence-corrected chi connectivity index (χ1v) is 11.6. The predicted molar refractivity (Wildman–Crippen MR) is 130 cm³/mol. The maximum absolute atomic E-state index is 14.1. The van der Waals surface area contributed by atoms with E-state index in [-0.39, 0.29) is 17.9 Å². The standard InChI is InChI=1S/C28H27ClF2N2O/c1-28(2,34-3)26(21-12-24(30)14-25(31)13-21)22-16-33(17-22)27(19-7-9-23(29)10-8-19)20-6-4-5-18(11-20)15-32/h4-14,22,26-27H,16-17H2,1-3H3/t26-,27?/m1/s1. The van der Waals surface area contributed by atoms with E-state index < -0.39 is 17.2 Å². The Bertz CT molecular complexity index is 1180. The van der Waals surface area contributed by atoms with Crippen LogP contribution in [0.2, 0.25) is 5.02 Å². The molecule has 34 heavy (non-hydrogen) atoms. The van der Waals surface area contributed by atoms with Gasteiger partial charge in [-0.15, -0.1) is 0 Å². The Kier molecular flexibility index (Phi) is 7.04. The minimum atomic E-state index is -0.618. The fourth-order valence-electron chi connectivity index (χ4n) is 5.13. The van der Waals surface area contributed by atoms with Crippen LogP contribution >= 0.6 is 11.6 Å². The van der Waals surface area contributed by atoms with Crippen LogP contribution in [0.15, 0.2) is 66.7 Å². The second kappa shape index (κ2) is 9.84. The molecule has 0 spiro atoms. The molecule has 1 aliphatic rings. The van der Waals surface area contributed by atoms with Crippen molar-refractivity contribution in [2.24, 2.45) is 5.92 Å². The van der Waals surface area contributed by atoms with Crippen molar-refractivity contribution in [3.63, 3.8) is 0 Å². The number of hydrogen-bond donors (Lipinski definition) is 0. The summed E-state index contributed by atoms with van der Waals surface area (Å²) in [6, 6.07) is 21.2. The molecular weight excluding hydrogens is 454 g/mol. The first-order valence-electron chi connectivity index (χ1n) is 11.2. The van der Waals surface area contributed by atoms with Gasteiger partial charge in [0.15, 0.2) is 0 Å². The van der Waals surface area contributed by atoms with Gasteiger partial charge in [-0.1, -0.05) is 35.9 Å². The molecule has 0 amide bonds. The van der Waals surface area contributed by atoms with Gasteiger partial charge in [0.25, 0.3) is 0 Å². The molecule has 0 bridgehead atoms.